The highest BCUT2D eigenvalue weighted by Gasteiger charge is 2.37. The topological polar surface area (TPSA) is 80.7 Å². The third kappa shape index (κ3) is 4.71. The van der Waals surface area contributed by atoms with Gasteiger partial charge in [-0.2, -0.15) is 5.10 Å². The maximum absolute atomic E-state index is 13.5. The van der Waals surface area contributed by atoms with Crippen molar-refractivity contribution in [2.75, 3.05) is 34.9 Å². The molecule has 8 nitrogen and oxygen atoms in total. The monoisotopic (exact) mass is 465 g/mol. The van der Waals surface area contributed by atoms with Crippen LogP contribution in [-0.4, -0.2) is 62.4 Å². The van der Waals surface area contributed by atoms with Crippen LogP contribution < -0.4 is 14.2 Å². The van der Waals surface area contributed by atoms with E-state index in [0.29, 0.717) is 23.7 Å². The van der Waals surface area contributed by atoms with E-state index in [2.05, 4.69) is 0 Å². The van der Waals surface area contributed by atoms with Gasteiger partial charge >= 0.3 is 0 Å². The van der Waals surface area contributed by atoms with Gasteiger partial charge in [0, 0.05) is 30.5 Å². The van der Waals surface area contributed by atoms with E-state index in [1.54, 1.807) is 28.4 Å². The largest absolute Gasteiger partial charge is 0.497 e. The van der Waals surface area contributed by atoms with Crippen molar-refractivity contribution in [2.45, 2.75) is 31.7 Å². The highest BCUT2D eigenvalue weighted by molar-refractivity contribution is 6.03. The van der Waals surface area contributed by atoms with Crippen LogP contribution in [0.1, 0.15) is 42.9 Å². The minimum Gasteiger partial charge on any atom is -0.497 e. The molecule has 34 heavy (non-hydrogen) atoms. The Morgan fingerprint density at radius 1 is 1.03 bits per heavy atom. The number of carbonyl (C=O) groups is 2. The highest BCUT2D eigenvalue weighted by Crippen LogP contribution is 2.39. The number of methoxy groups -OCH3 is 3. The Morgan fingerprint density at radius 3 is 2.41 bits per heavy atom. The van der Waals surface area contributed by atoms with E-state index in [-0.39, 0.29) is 24.3 Å². The maximum atomic E-state index is 13.5. The Labute approximate surface area is 200 Å². The molecule has 0 bridgehead atoms. The van der Waals surface area contributed by atoms with Crippen molar-refractivity contribution in [3.05, 3.63) is 53.6 Å². The van der Waals surface area contributed by atoms with E-state index in [1.807, 2.05) is 42.5 Å². The van der Waals surface area contributed by atoms with Gasteiger partial charge < -0.3 is 19.1 Å². The number of hydrazone groups is 1. The second kappa shape index (κ2) is 10.2. The summed E-state index contributed by atoms with van der Waals surface area (Å²) in [5, 5.41) is 6.21. The molecule has 2 aromatic rings. The van der Waals surface area contributed by atoms with E-state index in [4.69, 9.17) is 19.3 Å². The Bertz CT molecular complexity index is 1100. The molecule has 2 amide bonds. The van der Waals surface area contributed by atoms with E-state index in [0.717, 1.165) is 36.1 Å². The third-order valence-electron chi connectivity index (χ3n) is 6.57. The molecule has 1 saturated carbocycles. The lowest BCUT2D eigenvalue weighted by Crippen LogP contribution is -2.42. The summed E-state index contributed by atoms with van der Waals surface area (Å²) in [6, 6.07) is 12.7. The molecule has 0 radical (unpaired) electrons. The van der Waals surface area contributed by atoms with Crippen LogP contribution in [0.4, 0.5) is 0 Å². The Morgan fingerprint density at radius 2 is 1.76 bits per heavy atom. The molecular formula is C26H31N3O5. The molecule has 0 N–H and O–H groups in total. The minimum atomic E-state index is -0.397. The van der Waals surface area contributed by atoms with Crippen molar-refractivity contribution in [2.24, 2.45) is 11.0 Å². The number of amides is 2. The fourth-order valence-electron chi connectivity index (χ4n) is 4.38. The maximum Gasteiger partial charge on any atom is 0.262 e. The second-order valence-corrected chi connectivity index (χ2v) is 8.67. The zero-order chi connectivity index (χ0) is 24.2. The van der Waals surface area contributed by atoms with Crippen LogP contribution in [-0.2, 0) is 9.59 Å². The molecule has 1 fully saturated rings. The molecule has 1 aliphatic carbocycles. The molecule has 1 heterocycles. The van der Waals surface area contributed by atoms with Crippen molar-refractivity contribution >= 4 is 17.5 Å². The number of rotatable bonds is 8. The molecule has 1 aliphatic heterocycles. The number of carbonyl (C=O) groups excluding carboxylic acids is 2. The lowest BCUT2D eigenvalue weighted by atomic mass is 9.84. The summed E-state index contributed by atoms with van der Waals surface area (Å²) in [6.07, 6.45) is 3.34. The number of hydrogen-bond donors (Lipinski definition) is 0. The highest BCUT2D eigenvalue weighted by atomic mass is 16.5. The second-order valence-electron chi connectivity index (χ2n) is 8.67. The Hall–Kier alpha value is -3.55. The van der Waals surface area contributed by atoms with Crippen molar-refractivity contribution < 1.29 is 23.8 Å². The van der Waals surface area contributed by atoms with Crippen LogP contribution in [0.3, 0.4) is 0 Å². The molecular weight excluding hydrogens is 434 g/mol. The molecule has 4 rings (SSSR count). The molecule has 0 spiro atoms. The third-order valence-corrected chi connectivity index (χ3v) is 6.57. The number of ether oxygens (including phenoxy) is 3. The van der Waals surface area contributed by atoms with Crippen LogP contribution >= 0.6 is 0 Å². The molecule has 1 unspecified atom stereocenters. The summed E-state index contributed by atoms with van der Waals surface area (Å²) < 4.78 is 16.4. The van der Waals surface area contributed by atoms with Gasteiger partial charge in [0.2, 0.25) is 5.91 Å². The van der Waals surface area contributed by atoms with Crippen LogP contribution in [0.25, 0.3) is 0 Å². The quantitative estimate of drug-likeness (QED) is 0.595. The van der Waals surface area contributed by atoms with Crippen molar-refractivity contribution in [3.8, 4) is 17.2 Å². The normalized spacial score (nSPS) is 17.6. The first-order valence-electron chi connectivity index (χ1n) is 11.5. The van der Waals surface area contributed by atoms with Crippen LogP contribution in [0.2, 0.25) is 0 Å². The first-order chi connectivity index (χ1) is 16.4. The molecule has 180 valence electrons. The fourth-order valence-corrected chi connectivity index (χ4v) is 4.38. The van der Waals surface area contributed by atoms with Gasteiger partial charge in [0.1, 0.15) is 23.8 Å². The van der Waals surface area contributed by atoms with E-state index in [9.17, 15) is 9.59 Å². The van der Waals surface area contributed by atoms with Crippen LogP contribution in [0, 0.1) is 5.92 Å². The molecule has 1 atom stereocenters. The predicted molar refractivity (Wildman–Crippen MR) is 128 cm³/mol. The Kier molecular flexibility index (Phi) is 7.05. The first-order valence-corrected chi connectivity index (χ1v) is 11.5. The summed E-state index contributed by atoms with van der Waals surface area (Å²) in [6.45, 7) is -0.0347. The van der Waals surface area contributed by atoms with Gasteiger partial charge in [-0.05, 0) is 43.2 Å². The van der Waals surface area contributed by atoms with Gasteiger partial charge in [0.25, 0.3) is 5.91 Å². The van der Waals surface area contributed by atoms with Crippen LogP contribution in [0.15, 0.2) is 47.6 Å². The van der Waals surface area contributed by atoms with Crippen molar-refractivity contribution in [3.63, 3.8) is 0 Å². The van der Waals surface area contributed by atoms with Gasteiger partial charge in [-0.15, -0.1) is 0 Å². The fraction of sp³-hybridized carbons (Fsp3) is 0.423. The zero-order valence-corrected chi connectivity index (χ0v) is 20.1. The van der Waals surface area contributed by atoms with Gasteiger partial charge in [-0.1, -0.05) is 18.6 Å². The van der Waals surface area contributed by atoms with Crippen molar-refractivity contribution in [1.29, 1.82) is 0 Å². The average molecular weight is 466 g/mol. The lowest BCUT2D eigenvalue weighted by Gasteiger charge is -2.30. The summed E-state index contributed by atoms with van der Waals surface area (Å²) in [5.74, 6) is 1.82. The van der Waals surface area contributed by atoms with E-state index < -0.39 is 6.04 Å². The smallest absolute Gasteiger partial charge is 0.262 e. The SMILES string of the molecule is COc1cccc(C2=NN(C(=O)CN(C)C(=O)C3CCC3)C(c3cc(OC)ccc3OC)C2)c1. The summed E-state index contributed by atoms with van der Waals surface area (Å²) in [4.78, 5) is 27.6. The molecule has 0 saturated heterocycles. The summed E-state index contributed by atoms with van der Waals surface area (Å²) in [7, 11) is 6.50. The number of nitrogens with zero attached hydrogens (tertiary/aromatic N) is 3. The molecule has 8 heteroatoms. The molecule has 2 aromatic carbocycles. The van der Waals surface area contributed by atoms with Gasteiger partial charge in [-0.3, -0.25) is 9.59 Å². The molecule has 2 aliphatic rings. The van der Waals surface area contributed by atoms with E-state index in [1.165, 1.54) is 9.91 Å². The standard InChI is InChI=1S/C26H31N3O5/c1-28(26(31)17-7-5-8-17)16-25(30)29-23(21-14-20(33-3)11-12-24(21)34-4)15-22(27-29)18-9-6-10-19(13-18)32-2/h6,9-14,17,23H,5,7-8,15-16H2,1-4H3. The average Bonchev–Trinajstić information content (AvgIpc) is 3.28. The predicted octanol–water partition coefficient (Wildman–Crippen LogP) is 3.65. The molecule has 0 aromatic heterocycles. The number of hydrogen-bond acceptors (Lipinski definition) is 6. The van der Waals surface area contributed by atoms with Crippen molar-refractivity contribution in [1.82, 2.24) is 9.91 Å². The van der Waals surface area contributed by atoms with Gasteiger partial charge in [-0.25, -0.2) is 5.01 Å². The van der Waals surface area contributed by atoms with Gasteiger partial charge in [0.15, 0.2) is 0 Å². The lowest BCUT2D eigenvalue weighted by molar-refractivity contribution is -0.144. The Balaban J connectivity index is 1.66. The van der Waals surface area contributed by atoms with Gasteiger partial charge in [0.05, 0.1) is 33.1 Å². The summed E-state index contributed by atoms with van der Waals surface area (Å²) >= 11 is 0. The zero-order valence-electron chi connectivity index (χ0n) is 20.1. The number of likely N-dealkylation sites (N-methyl/N-ethyl adjacent to an activating group) is 1. The minimum absolute atomic E-state index is 0.0197. The first kappa shape index (κ1) is 23.6. The van der Waals surface area contributed by atoms with Crippen LogP contribution in [0.5, 0.6) is 17.2 Å². The number of benzene rings is 2. The van der Waals surface area contributed by atoms with E-state index >= 15 is 0 Å². The summed E-state index contributed by atoms with van der Waals surface area (Å²) in [5.41, 5.74) is 2.43.